The molecule has 1 atom stereocenters. The largest absolute Gasteiger partial charge is 0.349 e. The average Bonchev–Trinajstić information content (AvgIpc) is 2.51. The molecule has 2 heteroatoms. The standard InChI is InChI=1S/C17H20O2/c1-14(15-10-6-4-7-11-15)17(18-2,19-3)16-12-8-5-9-13-16/h4-14H,1-3H3. The molecule has 2 rings (SSSR count). The summed E-state index contributed by atoms with van der Waals surface area (Å²) in [4.78, 5) is 0. The van der Waals surface area contributed by atoms with Gasteiger partial charge < -0.3 is 9.47 Å². The summed E-state index contributed by atoms with van der Waals surface area (Å²) in [6.45, 7) is 2.12. The number of hydrogen-bond donors (Lipinski definition) is 0. The summed E-state index contributed by atoms with van der Waals surface area (Å²) >= 11 is 0. The van der Waals surface area contributed by atoms with E-state index in [9.17, 15) is 0 Å². The molecule has 0 fully saturated rings. The molecule has 2 nitrogen and oxygen atoms in total. The van der Waals surface area contributed by atoms with Gasteiger partial charge in [-0.05, 0) is 5.56 Å². The molecule has 2 aromatic rings. The number of rotatable bonds is 5. The van der Waals surface area contributed by atoms with Crippen LogP contribution in [0.2, 0.25) is 0 Å². The summed E-state index contributed by atoms with van der Waals surface area (Å²) in [6, 6.07) is 20.3. The minimum absolute atomic E-state index is 0.0890. The maximum atomic E-state index is 5.77. The van der Waals surface area contributed by atoms with E-state index in [0.29, 0.717) is 0 Å². The van der Waals surface area contributed by atoms with Crippen molar-refractivity contribution in [3.05, 3.63) is 71.8 Å². The Morgan fingerprint density at radius 3 is 1.74 bits per heavy atom. The molecule has 0 heterocycles. The minimum Gasteiger partial charge on any atom is -0.349 e. The number of hydrogen-bond acceptors (Lipinski definition) is 2. The minimum atomic E-state index is -0.761. The van der Waals surface area contributed by atoms with Crippen LogP contribution >= 0.6 is 0 Å². The summed E-state index contributed by atoms with van der Waals surface area (Å²) in [6.07, 6.45) is 0. The van der Waals surface area contributed by atoms with Crippen LogP contribution in [0.3, 0.4) is 0 Å². The van der Waals surface area contributed by atoms with Crippen LogP contribution in [0.5, 0.6) is 0 Å². The van der Waals surface area contributed by atoms with E-state index in [1.165, 1.54) is 5.56 Å². The van der Waals surface area contributed by atoms with Crippen molar-refractivity contribution in [1.29, 1.82) is 0 Å². The van der Waals surface area contributed by atoms with Gasteiger partial charge in [0, 0.05) is 25.7 Å². The monoisotopic (exact) mass is 256 g/mol. The Labute approximate surface area is 115 Å². The van der Waals surface area contributed by atoms with Crippen molar-refractivity contribution in [2.45, 2.75) is 18.6 Å². The normalized spacial score (nSPS) is 13.2. The highest BCUT2D eigenvalue weighted by molar-refractivity contribution is 5.29. The Morgan fingerprint density at radius 2 is 1.26 bits per heavy atom. The molecule has 0 amide bonds. The van der Waals surface area contributed by atoms with Crippen molar-refractivity contribution in [2.24, 2.45) is 0 Å². The lowest BCUT2D eigenvalue weighted by molar-refractivity contribution is -0.229. The molecule has 0 aliphatic carbocycles. The van der Waals surface area contributed by atoms with E-state index >= 15 is 0 Å². The van der Waals surface area contributed by atoms with Gasteiger partial charge in [0.1, 0.15) is 0 Å². The van der Waals surface area contributed by atoms with Crippen LogP contribution in [0, 0.1) is 0 Å². The second-order valence-electron chi connectivity index (χ2n) is 4.57. The van der Waals surface area contributed by atoms with Gasteiger partial charge in [0.25, 0.3) is 0 Å². The fraction of sp³-hybridized carbons (Fsp3) is 0.294. The molecule has 0 saturated heterocycles. The highest BCUT2D eigenvalue weighted by atomic mass is 16.7. The van der Waals surface area contributed by atoms with Crippen molar-refractivity contribution in [2.75, 3.05) is 14.2 Å². The molecule has 19 heavy (non-hydrogen) atoms. The van der Waals surface area contributed by atoms with Crippen LogP contribution in [0.15, 0.2) is 60.7 Å². The Morgan fingerprint density at radius 1 is 0.789 bits per heavy atom. The van der Waals surface area contributed by atoms with Gasteiger partial charge in [0.2, 0.25) is 5.79 Å². The number of benzene rings is 2. The first-order chi connectivity index (χ1) is 9.24. The third kappa shape index (κ3) is 2.55. The smallest absolute Gasteiger partial charge is 0.201 e. The predicted molar refractivity (Wildman–Crippen MR) is 77.0 cm³/mol. The fourth-order valence-corrected chi connectivity index (χ4v) is 2.55. The molecule has 0 radical (unpaired) electrons. The maximum absolute atomic E-state index is 5.77. The Hall–Kier alpha value is -1.64. The summed E-state index contributed by atoms with van der Waals surface area (Å²) in [5.41, 5.74) is 2.21. The van der Waals surface area contributed by atoms with Crippen LogP contribution < -0.4 is 0 Å². The molecule has 0 aliphatic heterocycles. The van der Waals surface area contributed by atoms with E-state index < -0.39 is 5.79 Å². The SMILES string of the molecule is COC(OC)(c1ccccc1)C(C)c1ccccc1. The van der Waals surface area contributed by atoms with Crippen molar-refractivity contribution in [1.82, 2.24) is 0 Å². The zero-order valence-electron chi connectivity index (χ0n) is 11.7. The highest BCUT2D eigenvalue weighted by Crippen LogP contribution is 2.40. The first-order valence-corrected chi connectivity index (χ1v) is 6.45. The quantitative estimate of drug-likeness (QED) is 0.754. The van der Waals surface area contributed by atoms with E-state index in [1.54, 1.807) is 14.2 Å². The molecule has 2 aromatic carbocycles. The first kappa shape index (κ1) is 13.8. The zero-order chi connectivity index (χ0) is 13.7. The van der Waals surface area contributed by atoms with Gasteiger partial charge in [0.15, 0.2) is 0 Å². The van der Waals surface area contributed by atoms with Gasteiger partial charge in [-0.1, -0.05) is 67.6 Å². The fourth-order valence-electron chi connectivity index (χ4n) is 2.55. The topological polar surface area (TPSA) is 18.5 Å². The predicted octanol–water partition coefficient (Wildman–Crippen LogP) is 3.94. The van der Waals surface area contributed by atoms with Crippen LogP contribution in [-0.2, 0) is 15.3 Å². The van der Waals surface area contributed by atoms with E-state index in [0.717, 1.165) is 5.56 Å². The van der Waals surface area contributed by atoms with Gasteiger partial charge in [-0.25, -0.2) is 0 Å². The van der Waals surface area contributed by atoms with Crippen LogP contribution in [-0.4, -0.2) is 14.2 Å². The molecule has 0 spiro atoms. The molecule has 0 N–H and O–H groups in total. The third-order valence-corrected chi connectivity index (χ3v) is 3.65. The summed E-state index contributed by atoms with van der Waals surface area (Å²) in [5.74, 6) is -0.672. The van der Waals surface area contributed by atoms with Gasteiger partial charge in [0.05, 0.1) is 0 Å². The second kappa shape index (κ2) is 6.00. The lowest BCUT2D eigenvalue weighted by atomic mass is 9.87. The van der Waals surface area contributed by atoms with Crippen molar-refractivity contribution in [3.63, 3.8) is 0 Å². The molecule has 0 bridgehead atoms. The Kier molecular flexibility index (Phi) is 4.35. The van der Waals surface area contributed by atoms with Gasteiger partial charge >= 0.3 is 0 Å². The average molecular weight is 256 g/mol. The number of ether oxygens (including phenoxy) is 2. The van der Waals surface area contributed by atoms with E-state index in [1.807, 2.05) is 48.5 Å². The van der Waals surface area contributed by atoms with Crippen molar-refractivity contribution in [3.8, 4) is 0 Å². The van der Waals surface area contributed by atoms with Gasteiger partial charge in [-0.2, -0.15) is 0 Å². The van der Waals surface area contributed by atoms with Crippen molar-refractivity contribution >= 4 is 0 Å². The molecule has 100 valence electrons. The third-order valence-electron chi connectivity index (χ3n) is 3.65. The second-order valence-corrected chi connectivity index (χ2v) is 4.57. The summed E-state index contributed by atoms with van der Waals surface area (Å²) < 4.78 is 11.5. The molecule has 0 aliphatic rings. The maximum Gasteiger partial charge on any atom is 0.201 e. The van der Waals surface area contributed by atoms with Gasteiger partial charge in [-0.15, -0.1) is 0 Å². The molecular formula is C17H20O2. The van der Waals surface area contributed by atoms with E-state index in [-0.39, 0.29) is 5.92 Å². The summed E-state index contributed by atoms with van der Waals surface area (Å²) in [5, 5.41) is 0. The summed E-state index contributed by atoms with van der Waals surface area (Å²) in [7, 11) is 3.38. The van der Waals surface area contributed by atoms with E-state index in [4.69, 9.17) is 9.47 Å². The van der Waals surface area contributed by atoms with Crippen LogP contribution in [0.1, 0.15) is 24.0 Å². The number of methoxy groups -OCH3 is 2. The zero-order valence-corrected chi connectivity index (χ0v) is 11.7. The lowest BCUT2D eigenvalue weighted by Crippen LogP contribution is -2.36. The van der Waals surface area contributed by atoms with E-state index in [2.05, 4.69) is 19.1 Å². The van der Waals surface area contributed by atoms with Gasteiger partial charge in [-0.3, -0.25) is 0 Å². The molecule has 0 aromatic heterocycles. The van der Waals surface area contributed by atoms with Crippen LogP contribution in [0.25, 0.3) is 0 Å². The Bertz CT molecular complexity index is 489. The highest BCUT2D eigenvalue weighted by Gasteiger charge is 2.39. The molecular weight excluding hydrogens is 236 g/mol. The first-order valence-electron chi connectivity index (χ1n) is 6.45. The van der Waals surface area contributed by atoms with Crippen LogP contribution in [0.4, 0.5) is 0 Å². The van der Waals surface area contributed by atoms with Crippen molar-refractivity contribution < 1.29 is 9.47 Å². The Balaban J connectivity index is 2.45. The molecule has 0 saturated carbocycles. The lowest BCUT2D eigenvalue weighted by Gasteiger charge is -2.37. The molecule has 1 unspecified atom stereocenters.